The van der Waals surface area contributed by atoms with Crippen molar-refractivity contribution >= 4 is 11.6 Å². The molecule has 0 rings (SSSR count). The molecule has 0 aliphatic carbocycles. The molecule has 0 unspecified atom stereocenters. The molecule has 0 aromatic carbocycles. The third kappa shape index (κ3) is 7.78. The highest BCUT2D eigenvalue weighted by molar-refractivity contribution is 6.23. The molecule has 52 valence electrons. The molecule has 0 amide bonds. The Bertz CT molecular complexity index is 107. The molecule has 0 atom stereocenters. The van der Waals surface area contributed by atoms with Crippen LogP contribution in [0.3, 0.4) is 0 Å². The van der Waals surface area contributed by atoms with Gasteiger partial charge in [0, 0.05) is 11.3 Å². The molecule has 0 heterocycles. The molecular weight excluding hydrogens is 134 g/mol. The number of alkyl halides is 1. The lowest BCUT2D eigenvalue weighted by atomic mass is 10.1. The second-order valence-corrected chi connectivity index (χ2v) is 3.75. The Hall–Kier alpha value is -0.220. The van der Waals surface area contributed by atoms with Crippen LogP contribution in [0.1, 0.15) is 33.1 Å². The van der Waals surface area contributed by atoms with E-state index in [1.54, 1.807) is 0 Å². The summed E-state index contributed by atoms with van der Waals surface area (Å²) in [5, 5.41) is 8.17. The molecule has 1 nitrogen and oxygen atoms in total. The SMILES string of the molecule is CC(C)(Cl)CCCC#N. The zero-order valence-electron chi connectivity index (χ0n) is 5.95. The van der Waals surface area contributed by atoms with Gasteiger partial charge in [-0.25, -0.2) is 0 Å². The fourth-order valence-electron chi connectivity index (χ4n) is 0.588. The van der Waals surface area contributed by atoms with Crippen molar-refractivity contribution in [3.63, 3.8) is 0 Å². The molecule has 0 aromatic rings. The lowest BCUT2D eigenvalue weighted by molar-refractivity contribution is 0.598. The summed E-state index contributed by atoms with van der Waals surface area (Å²) >= 11 is 5.86. The summed E-state index contributed by atoms with van der Waals surface area (Å²) < 4.78 is 0. The standard InChI is InChI=1S/C7H12ClN/c1-7(2,8)5-3-4-6-9/h3-5H2,1-2H3. The lowest BCUT2D eigenvalue weighted by Gasteiger charge is -2.12. The van der Waals surface area contributed by atoms with Gasteiger partial charge in [0.05, 0.1) is 6.07 Å². The first-order chi connectivity index (χ1) is 4.06. The lowest BCUT2D eigenvalue weighted by Crippen LogP contribution is -2.08. The van der Waals surface area contributed by atoms with Crippen molar-refractivity contribution in [3.05, 3.63) is 0 Å². The molecule has 0 N–H and O–H groups in total. The van der Waals surface area contributed by atoms with E-state index in [2.05, 4.69) is 6.07 Å². The maximum Gasteiger partial charge on any atom is 0.0621 e. The number of rotatable bonds is 3. The van der Waals surface area contributed by atoms with E-state index >= 15 is 0 Å². The third-order valence-electron chi connectivity index (χ3n) is 1.06. The van der Waals surface area contributed by atoms with Gasteiger partial charge in [0.1, 0.15) is 0 Å². The van der Waals surface area contributed by atoms with Crippen LogP contribution >= 0.6 is 11.6 Å². The second kappa shape index (κ2) is 3.74. The van der Waals surface area contributed by atoms with E-state index in [0.29, 0.717) is 6.42 Å². The van der Waals surface area contributed by atoms with Gasteiger partial charge in [0.25, 0.3) is 0 Å². The highest BCUT2D eigenvalue weighted by atomic mass is 35.5. The van der Waals surface area contributed by atoms with Crippen LogP contribution in [0.15, 0.2) is 0 Å². The Morgan fingerprint density at radius 2 is 2.11 bits per heavy atom. The third-order valence-corrected chi connectivity index (χ3v) is 1.25. The highest BCUT2D eigenvalue weighted by Gasteiger charge is 2.11. The Morgan fingerprint density at radius 1 is 1.56 bits per heavy atom. The topological polar surface area (TPSA) is 23.8 Å². The van der Waals surface area contributed by atoms with Crippen LogP contribution in [0.2, 0.25) is 0 Å². The first-order valence-electron chi connectivity index (χ1n) is 3.12. The minimum Gasteiger partial charge on any atom is -0.198 e. The van der Waals surface area contributed by atoms with Crippen LogP contribution in [0.4, 0.5) is 0 Å². The van der Waals surface area contributed by atoms with Crippen LogP contribution in [-0.4, -0.2) is 4.87 Å². The number of nitrogens with zero attached hydrogens (tertiary/aromatic N) is 1. The monoisotopic (exact) mass is 145 g/mol. The average molecular weight is 146 g/mol. The number of halogens is 1. The summed E-state index contributed by atoms with van der Waals surface area (Å²) in [4.78, 5) is -0.128. The van der Waals surface area contributed by atoms with Gasteiger partial charge in [-0.3, -0.25) is 0 Å². The normalized spacial score (nSPS) is 10.9. The van der Waals surface area contributed by atoms with Gasteiger partial charge in [-0.2, -0.15) is 5.26 Å². The Balaban J connectivity index is 3.20. The molecule has 0 fully saturated rings. The van der Waals surface area contributed by atoms with Crippen LogP contribution in [0, 0.1) is 11.3 Å². The number of hydrogen-bond acceptors (Lipinski definition) is 1. The Kier molecular flexibility index (Phi) is 3.65. The van der Waals surface area contributed by atoms with Crippen molar-refractivity contribution in [2.24, 2.45) is 0 Å². The smallest absolute Gasteiger partial charge is 0.0621 e. The molecule has 0 spiro atoms. The van der Waals surface area contributed by atoms with E-state index in [0.717, 1.165) is 12.8 Å². The maximum atomic E-state index is 8.17. The number of nitriles is 1. The van der Waals surface area contributed by atoms with Crippen LogP contribution in [-0.2, 0) is 0 Å². The molecule has 0 aromatic heterocycles. The van der Waals surface area contributed by atoms with E-state index in [9.17, 15) is 0 Å². The van der Waals surface area contributed by atoms with Gasteiger partial charge in [0.15, 0.2) is 0 Å². The summed E-state index contributed by atoms with van der Waals surface area (Å²) in [5.74, 6) is 0. The van der Waals surface area contributed by atoms with Gasteiger partial charge in [-0.1, -0.05) is 0 Å². The molecule has 0 saturated heterocycles. The number of unbranched alkanes of at least 4 members (excludes halogenated alkanes) is 1. The first kappa shape index (κ1) is 8.78. The van der Waals surface area contributed by atoms with Crippen molar-refractivity contribution in [1.82, 2.24) is 0 Å². The van der Waals surface area contributed by atoms with Gasteiger partial charge in [-0.05, 0) is 26.7 Å². The quantitative estimate of drug-likeness (QED) is 0.443. The van der Waals surface area contributed by atoms with Crippen molar-refractivity contribution in [2.75, 3.05) is 0 Å². The van der Waals surface area contributed by atoms with Crippen LogP contribution in [0.25, 0.3) is 0 Å². The van der Waals surface area contributed by atoms with Crippen molar-refractivity contribution < 1.29 is 0 Å². The Labute approximate surface area is 61.6 Å². The predicted octanol–water partition coefficient (Wildman–Crippen LogP) is 2.70. The molecule has 0 saturated carbocycles. The van der Waals surface area contributed by atoms with Gasteiger partial charge >= 0.3 is 0 Å². The number of hydrogen-bond donors (Lipinski definition) is 0. The summed E-state index contributed by atoms with van der Waals surface area (Å²) in [5.41, 5.74) is 0. The van der Waals surface area contributed by atoms with Gasteiger partial charge in [-0.15, -0.1) is 11.6 Å². The van der Waals surface area contributed by atoms with Crippen molar-refractivity contribution in [1.29, 1.82) is 5.26 Å². The van der Waals surface area contributed by atoms with E-state index < -0.39 is 0 Å². The van der Waals surface area contributed by atoms with Crippen molar-refractivity contribution in [2.45, 2.75) is 38.0 Å². The molecule has 2 heteroatoms. The fourth-order valence-corrected chi connectivity index (χ4v) is 0.721. The van der Waals surface area contributed by atoms with Gasteiger partial charge < -0.3 is 0 Å². The van der Waals surface area contributed by atoms with E-state index in [4.69, 9.17) is 16.9 Å². The highest BCUT2D eigenvalue weighted by Crippen LogP contribution is 2.19. The Morgan fingerprint density at radius 3 is 2.44 bits per heavy atom. The molecule has 0 radical (unpaired) electrons. The van der Waals surface area contributed by atoms with E-state index in [-0.39, 0.29) is 4.87 Å². The minimum absolute atomic E-state index is 0.128. The summed E-state index contributed by atoms with van der Waals surface area (Å²) in [6.45, 7) is 3.93. The fraction of sp³-hybridized carbons (Fsp3) is 0.857. The summed E-state index contributed by atoms with van der Waals surface area (Å²) in [7, 11) is 0. The molecule has 0 bridgehead atoms. The minimum atomic E-state index is -0.128. The maximum absolute atomic E-state index is 8.17. The van der Waals surface area contributed by atoms with E-state index in [1.165, 1.54) is 0 Å². The van der Waals surface area contributed by atoms with Crippen LogP contribution in [0.5, 0.6) is 0 Å². The summed E-state index contributed by atoms with van der Waals surface area (Å²) in [6.07, 6.45) is 2.45. The zero-order chi connectivity index (χ0) is 7.33. The predicted molar refractivity (Wildman–Crippen MR) is 39.4 cm³/mol. The molecule has 0 aliphatic heterocycles. The molecule has 0 aliphatic rings. The van der Waals surface area contributed by atoms with Gasteiger partial charge in [0.2, 0.25) is 0 Å². The summed E-state index contributed by atoms with van der Waals surface area (Å²) in [6, 6.07) is 2.08. The second-order valence-electron chi connectivity index (χ2n) is 2.73. The van der Waals surface area contributed by atoms with Crippen LogP contribution < -0.4 is 0 Å². The average Bonchev–Trinajstić information content (AvgIpc) is 1.63. The largest absolute Gasteiger partial charge is 0.198 e. The zero-order valence-corrected chi connectivity index (χ0v) is 6.70. The first-order valence-corrected chi connectivity index (χ1v) is 3.50. The van der Waals surface area contributed by atoms with E-state index in [1.807, 2.05) is 13.8 Å². The molecular formula is C7H12ClN. The van der Waals surface area contributed by atoms with Crippen molar-refractivity contribution in [3.8, 4) is 6.07 Å². The molecule has 9 heavy (non-hydrogen) atoms.